The van der Waals surface area contributed by atoms with E-state index in [2.05, 4.69) is 75.7 Å². The van der Waals surface area contributed by atoms with Crippen LogP contribution in [0.3, 0.4) is 0 Å². The van der Waals surface area contributed by atoms with Crippen LogP contribution in [0.15, 0.2) is 23.8 Å². The van der Waals surface area contributed by atoms with Crippen LogP contribution < -0.4 is 0 Å². The normalized spacial score (nSPS) is 20.4. The molecule has 0 unspecified atom stereocenters. The van der Waals surface area contributed by atoms with Gasteiger partial charge in [0, 0.05) is 11.1 Å². The number of hydrogen-bond acceptors (Lipinski definition) is 4. The number of nitrogens with one attached hydrogen (secondary N) is 1. The third kappa shape index (κ3) is 2.95. The number of hydrogen-bond donors (Lipinski definition) is 2. The van der Waals surface area contributed by atoms with Gasteiger partial charge in [-0.1, -0.05) is 6.08 Å². The summed E-state index contributed by atoms with van der Waals surface area (Å²) in [6.07, 6.45) is 3.96. The fraction of sp³-hybridized carbons (Fsp3) is 0.471. The molecule has 0 atom stereocenters. The standard InChI is InChI=1S/C17H23BN2O2S/c1-11-6-15-13(9-19-20-15)7-12(11)8-14(10-23)18-21-16(2,3)17(4,5)22-18/h6-9,23H,10H2,1-5H3,(H,19,20). The predicted molar refractivity (Wildman–Crippen MR) is 98.7 cm³/mol. The van der Waals surface area contributed by atoms with Crippen LogP contribution in [0, 0.1) is 6.92 Å². The number of rotatable bonds is 3. The van der Waals surface area contributed by atoms with Crippen LogP contribution in [0.5, 0.6) is 0 Å². The highest BCUT2D eigenvalue weighted by molar-refractivity contribution is 7.80. The van der Waals surface area contributed by atoms with Crippen molar-refractivity contribution < 1.29 is 9.31 Å². The van der Waals surface area contributed by atoms with Gasteiger partial charge in [-0.3, -0.25) is 5.10 Å². The monoisotopic (exact) mass is 330 g/mol. The van der Waals surface area contributed by atoms with Crippen molar-refractivity contribution >= 4 is 36.7 Å². The number of aromatic amines is 1. The molecule has 3 rings (SSSR count). The summed E-state index contributed by atoms with van der Waals surface area (Å²) in [5.41, 5.74) is 3.70. The molecule has 4 nitrogen and oxygen atoms in total. The first-order valence-corrected chi connectivity index (χ1v) is 8.47. The lowest BCUT2D eigenvalue weighted by Gasteiger charge is -2.32. The molecule has 1 saturated heterocycles. The van der Waals surface area contributed by atoms with Crippen LogP contribution in [0.25, 0.3) is 17.0 Å². The highest BCUT2D eigenvalue weighted by Gasteiger charge is 2.52. The van der Waals surface area contributed by atoms with Gasteiger partial charge in [-0.2, -0.15) is 17.7 Å². The van der Waals surface area contributed by atoms with Gasteiger partial charge in [0.15, 0.2) is 0 Å². The molecule has 23 heavy (non-hydrogen) atoms. The third-order valence-corrected chi connectivity index (χ3v) is 5.27. The zero-order chi connectivity index (χ0) is 16.8. The van der Waals surface area contributed by atoms with Crippen LogP contribution in [-0.4, -0.2) is 34.3 Å². The van der Waals surface area contributed by atoms with Crippen LogP contribution in [-0.2, 0) is 9.31 Å². The summed E-state index contributed by atoms with van der Waals surface area (Å²) < 4.78 is 12.3. The van der Waals surface area contributed by atoms with E-state index in [1.54, 1.807) is 0 Å². The van der Waals surface area contributed by atoms with Crippen molar-refractivity contribution in [1.29, 1.82) is 0 Å². The van der Waals surface area contributed by atoms with E-state index in [1.165, 1.54) is 5.56 Å². The Labute approximate surface area is 143 Å². The summed E-state index contributed by atoms with van der Waals surface area (Å²) in [6.45, 7) is 10.3. The number of thiol groups is 1. The Morgan fingerprint density at radius 1 is 1.26 bits per heavy atom. The quantitative estimate of drug-likeness (QED) is 0.664. The van der Waals surface area contributed by atoms with Crippen molar-refractivity contribution in [1.82, 2.24) is 10.2 Å². The number of aryl methyl sites for hydroxylation is 1. The zero-order valence-corrected chi connectivity index (χ0v) is 15.2. The topological polar surface area (TPSA) is 47.1 Å². The van der Waals surface area contributed by atoms with Crippen molar-refractivity contribution in [2.24, 2.45) is 0 Å². The SMILES string of the molecule is Cc1cc2[nH]ncc2cc1C=C(CS)B1OC(C)(C)C(C)(C)O1. The Bertz CT molecular complexity index is 751. The highest BCUT2D eigenvalue weighted by Crippen LogP contribution is 2.39. The minimum Gasteiger partial charge on any atom is -0.400 e. The van der Waals surface area contributed by atoms with E-state index < -0.39 is 0 Å². The summed E-state index contributed by atoms with van der Waals surface area (Å²) >= 11 is 4.48. The molecule has 1 N–H and O–H groups in total. The maximum Gasteiger partial charge on any atom is 0.491 e. The second-order valence-corrected chi connectivity index (χ2v) is 7.45. The minimum absolute atomic E-state index is 0.344. The predicted octanol–water partition coefficient (Wildman–Crippen LogP) is 3.82. The van der Waals surface area contributed by atoms with E-state index in [0.29, 0.717) is 5.75 Å². The molecule has 0 aliphatic carbocycles. The average Bonchev–Trinajstić information content (AvgIpc) is 2.97. The maximum absolute atomic E-state index is 6.14. The van der Waals surface area contributed by atoms with Gasteiger partial charge in [-0.15, -0.1) is 0 Å². The minimum atomic E-state index is -0.364. The van der Waals surface area contributed by atoms with E-state index in [4.69, 9.17) is 9.31 Å². The smallest absolute Gasteiger partial charge is 0.400 e. The van der Waals surface area contributed by atoms with Crippen LogP contribution in [0.4, 0.5) is 0 Å². The molecule has 0 bridgehead atoms. The van der Waals surface area contributed by atoms with Crippen molar-refractivity contribution in [3.05, 3.63) is 34.9 Å². The molecule has 1 aliphatic heterocycles. The van der Waals surface area contributed by atoms with Crippen LogP contribution >= 0.6 is 12.6 Å². The lowest BCUT2D eigenvalue weighted by atomic mass is 9.78. The Morgan fingerprint density at radius 2 is 1.91 bits per heavy atom. The van der Waals surface area contributed by atoms with Gasteiger partial charge in [-0.05, 0) is 63.4 Å². The lowest BCUT2D eigenvalue weighted by molar-refractivity contribution is 0.00578. The van der Waals surface area contributed by atoms with Crippen molar-refractivity contribution in [2.45, 2.75) is 45.8 Å². The molecule has 0 radical (unpaired) electrons. The summed E-state index contributed by atoms with van der Waals surface area (Å²) in [4.78, 5) is 0. The molecule has 122 valence electrons. The maximum atomic E-state index is 6.14. The van der Waals surface area contributed by atoms with Crippen molar-refractivity contribution in [2.75, 3.05) is 5.75 Å². The van der Waals surface area contributed by atoms with E-state index >= 15 is 0 Å². The molecule has 6 heteroatoms. The lowest BCUT2D eigenvalue weighted by Crippen LogP contribution is -2.41. The highest BCUT2D eigenvalue weighted by atomic mass is 32.1. The van der Waals surface area contributed by atoms with E-state index in [9.17, 15) is 0 Å². The second kappa shape index (κ2) is 5.69. The Balaban J connectivity index is 1.97. The number of nitrogens with zero attached hydrogens (tertiary/aromatic N) is 1. The largest absolute Gasteiger partial charge is 0.491 e. The van der Waals surface area contributed by atoms with Gasteiger partial charge in [-0.25, -0.2) is 0 Å². The molecule has 1 aromatic carbocycles. The van der Waals surface area contributed by atoms with Crippen molar-refractivity contribution in [3.8, 4) is 0 Å². The van der Waals surface area contributed by atoms with E-state index in [-0.39, 0.29) is 18.3 Å². The fourth-order valence-corrected chi connectivity index (χ4v) is 2.90. The third-order valence-electron chi connectivity index (χ3n) is 4.91. The van der Waals surface area contributed by atoms with Gasteiger partial charge < -0.3 is 9.31 Å². The Kier molecular flexibility index (Phi) is 4.11. The van der Waals surface area contributed by atoms with Gasteiger partial charge in [0.2, 0.25) is 0 Å². The average molecular weight is 330 g/mol. The summed E-state index contributed by atoms with van der Waals surface area (Å²) in [5.74, 6) is 0.583. The number of benzene rings is 1. The zero-order valence-electron chi connectivity index (χ0n) is 14.3. The summed E-state index contributed by atoms with van der Waals surface area (Å²) in [5, 5.41) is 8.18. The van der Waals surface area contributed by atoms with Crippen molar-refractivity contribution in [3.63, 3.8) is 0 Å². The van der Waals surface area contributed by atoms with Crippen LogP contribution in [0.1, 0.15) is 38.8 Å². The van der Waals surface area contributed by atoms with Gasteiger partial charge in [0.05, 0.1) is 22.9 Å². The first kappa shape index (κ1) is 16.6. The molecule has 0 spiro atoms. The Morgan fingerprint density at radius 3 is 2.52 bits per heavy atom. The molecule has 0 saturated carbocycles. The van der Waals surface area contributed by atoms with Gasteiger partial charge in [0.1, 0.15) is 0 Å². The van der Waals surface area contributed by atoms with Gasteiger partial charge >= 0.3 is 7.12 Å². The summed E-state index contributed by atoms with van der Waals surface area (Å²) in [7, 11) is -0.364. The first-order valence-electron chi connectivity index (χ1n) is 7.84. The molecular formula is C17H23BN2O2S. The molecule has 2 aromatic rings. The molecule has 2 heterocycles. The van der Waals surface area contributed by atoms with E-state index in [1.807, 2.05) is 6.20 Å². The molecule has 1 aliphatic rings. The second-order valence-electron chi connectivity index (χ2n) is 7.13. The summed E-state index contributed by atoms with van der Waals surface area (Å²) in [6, 6.07) is 4.23. The number of aromatic nitrogens is 2. The fourth-order valence-electron chi connectivity index (χ4n) is 2.66. The number of fused-ring (bicyclic) bond motifs is 1. The molecule has 1 aromatic heterocycles. The van der Waals surface area contributed by atoms with E-state index in [0.717, 1.165) is 21.9 Å². The first-order chi connectivity index (χ1) is 10.7. The molecular weight excluding hydrogens is 307 g/mol. The Hall–Kier alpha value is -1.24. The number of H-pyrrole nitrogens is 1. The van der Waals surface area contributed by atoms with Gasteiger partial charge in [0.25, 0.3) is 0 Å². The van der Waals surface area contributed by atoms with Crippen LogP contribution in [0.2, 0.25) is 0 Å². The molecule has 0 amide bonds. The molecule has 1 fully saturated rings.